The molecule has 2 aromatic rings. The summed E-state index contributed by atoms with van der Waals surface area (Å²) in [5.74, 6) is -2.37. The molecule has 4 N–H and O–H groups in total. The van der Waals surface area contributed by atoms with Crippen molar-refractivity contribution in [3.05, 3.63) is 65.2 Å². The number of carboxylic acid groups (broad SMARTS) is 1. The molecule has 14 nitrogen and oxygen atoms in total. The van der Waals surface area contributed by atoms with Gasteiger partial charge in [-0.25, -0.2) is 29.5 Å². The van der Waals surface area contributed by atoms with Gasteiger partial charge in [0, 0.05) is 10.4 Å². The molecule has 0 radical (unpaired) electrons. The Morgan fingerprint density at radius 2 is 1.84 bits per heavy atom. The molecule has 0 saturated carbocycles. The van der Waals surface area contributed by atoms with Crippen LogP contribution in [0.1, 0.15) is 41.4 Å². The predicted octanol–water partition coefficient (Wildman–Crippen LogP) is 1.55. The Morgan fingerprint density at radius 3 is 2.52 bits per heavy atom. The van der Waals surface area contributed by atoms with Crippen LogP contribution in [0.15, 0.2) is 48.5 Å². The third kappa shape index (κ3) is 4.91. The molecule has 2 unspecified atom stereocenters. The summed E-state index contributed by atoms with van der Waals surface area (Å²) >= 11 is 1.35. The number of hydrogen-bond donors (Lipinski definition) is 4. The van der Waals surface area contributed by atoms with E-state index in [4.69, 9.17) is 4.74 Å². The van der Waals surface area contributed by atoms with Crippen LogP contribution in [0.3, 0.4) is 0 Å². The molecule has 4 fully saturated rings. The monoisotopic (exact) mass is 622 g/mol. The Balaban J connectivity index is 1.04. The van der Waals surface area contributed by atoms with E-state index in [0.717, 1.165) is 10.5 Å². The van der Waals surface area contributed by atoms with Gasteiger partial charge in [-0.15, -0.1) is 11.8 Å². The van der Waals surface area contributed by atoms with Crippen molar-refractivity contribution in [1.82, 2.24) is 25.6 Å². The highest BCUT2D eigenvalue weighted by Crippen LogP contribution is 2.50. The van der Waals surface area contributed by atoms with Crippen LogP contribution >= 0.6 is 11.8 Å². The number of ether oxygens (including phenoxy) is 1. The zero-order valence-corrected chi connectivity index (χ0v) is 24.8. The van der Waals surface area contributed by atoms with Crippen LogP contribution in [0, 0.1) is 0 Å². The summed E-state index contributed by atoms with van der Waals surface area (Å²) in [6, 6.07) is 10.0. The fourth-order valence-electron chi connectivity index (χ4n) is 6.09. The minimum atomic E-state index is -1.08. The zero-order chi connectivity index (χ0) is 31.5. The second kappa shape index (κ2) is 10.8. The first-order valence-electron chi connectivity index (χ1n) is 13.9. The van der Waals surface area contributed by atoms with Crippen molar-refractivity contribution in [2.45, 2.75) is 54.6 Å². The smallest absolute Gasteiger partial charge is 0.342 e. The number of urea groups is 2. The van der Waals surface area contributed by atoms with Gasteiger partial charge >= 0.3 is 24.0 Å². The molecule has 0 bridgehead atoms. The van der Waals surface area contributed by atoms with Gasteiger partial charge in [0.05, 0.1) is 37.7 Å². The molecular formula is C29H30N6O8S. The number of carbonyl (C=O) groups excluding carboxylic acids is 5. The molecule has 4 saturated heterocycles. The van der Waals surface area contributed by atoms with Gasteiger partial charge in [0.15, 0.2) is 0 Å². The van der Waals surface area contributed by atoms with Crippen molar-refractivity contribution in [2.75, 3.05) is 19.0 Å². The molecule has 230 valence electrons. The van der Waals surface area contributed by atoms with Gasteiger partial charge in [0.1, 0.15) is 17.5 Å². The summed E-state index contributed by atoms with van der Waals surface area (Å²) in [6.45, 7) is 3.67. The number of thioether (sulfide) groups is 1. The number of anilines is 1. The molecule has 4 aliphatic heterocycles. The summed E-state index contributed by atoms with van der Waals surface area (Å²) in [7, 11) is 1.31. The topological polar surface area (TPSA) is 178 Å². The fraction of sp³-hybridized carbons (Fsp3) is 0.379. The number of imide groups is 1. The lowest BCUT2D eigenvalue weighted by atomic mass is 9.95. The van der Waals surface area contributed by atoms with Crippen LogP contribution in [0.2, 0.25) is 0 Å². The number of benzene rings is 2. The lowest BCUT2D eigenvalue weighted by Crippen LogP contribution is -2.70. The molecule has 15 heteroatoms. The molecular weight excluding hydrogens is 592 g/mol. The van der Waals surface area contributed by atoms with Crippen molar-refractivity contribution in [1.29, 1.82) is 0 Å². The van der Waals surface area contributed by atoms with Crippen LogP contribution in [0.25, 0.3) is 0 Å². The number of β-lactam (4-membered cyclic amide) rings is 1. The van der Waals surface area contributed by atoms with E-state index >= 15 is 0 Å². The highest BCUT2D eigenvalue weighted by Gasteiger charge is 2.64. The predicted molar refractivity (Wildman–Crippen MR) is 156 cm³/mol. The summed E-state index contributed by atoms with van der Waals surface area (Å²) in [5.41, 5.74) is 5.26. The quantitative estimate of drug-likeness (QED) is 0.262. The van der Waals surface area contributed by atoms with Gasteiger partial charge in [-0.1, -0.05) is 24.3 Å². The molecule has 44 heavy (non-hydrogen) atoms. The van der Waals surface area contributed by atoms with Crippen LogP contribution < -0.4 is 16.1 Å². The number of carboxylic acids is 1. The molecule has 4 aliphatic rings. The Bertz CT molecular complexity index is 1580. The third-order valence-corrected chi connectivity index (χ3v) is 9.84. The number of esters is 1. The minimum absolute atomic E-state index is 0.0739. The Labute approximate surface area is 256 Å². The maximum absolute atomic E-state index is 13.1. The van der Waals surface area contributed by atoms with E-state index in [1.54, 1.807) is 62.4 Å². The summed E-state index contributed by atoms with van der Waals surface area (Å²) < 4.78 is 4.03. The van der Waals surface area contributed by atoms with E-state index in [1.165, 1.54) is 28.8 Å². The van der Waals surface area contributed by atoms with Gasteiger partial charge in [-0.05, 0) is 49.2 Å². The van der Waals surface area contributed by atoms with Crippen molar-refractivity contribution >= 4 is 53.3 Å². The molecule has 0 aromatic heterocycles. The first kappa shape index (κ1) is 29.4. The van der Waals surface area contributed by atoms with Crippen LogP contribution in [0.5, 0.6) is 0 Å². The number of aliphatic carboxylic acids is 1. The number of fused-ring (bicyclic) bond motifs is 2. The Morgan fingerprint density at radius 1 is 1.11 bits per heavy atom. The highest BCUT2D eigenvalue weighted by molar-refractivity contribution is 8.01. The number of nitrogens with one attached hydrogen (secondary N) is 3. The second-order valence-corrected chi connectivity index (χ2v) is 13.3. The lowest BCUT2D eigenvalue weighted by Gasteiger charge is -2.43. The van der Waals surface area contributed by atoms with Crippen molar-refractivity contribution in [3.8, 4) is 0 Å². The number of carbonyl (C=O) groups is 6. The number of rotatable bonds is 7. The number of amides is 6. The van der Waals surface area contributed by atoms with E-state index in [0.29, 0.717) is 16.8 Å². The minimum Gasteiger partial charge on any atom is -0.480 e. The average molecular weight is 623 g/mol. The molecule has 6 amide bonds. The normalized spacial score (nSPS) is 26.2. The lowest BCUT2D eigenvalue weighted by molar-refractivity contribution is -0.161. The largest absolute Gasteiger partial charge is 0.480 e. The summed E-state index contributed by atoms with van der Waals surface area (Å²) in [6.07, 6.45) is -0.0739. The number of nitrogens with zero attached hydrogens (tertiary/aromatic N) is 3. The highest BCUT2D eigenvalue weighted by atomic mass is 32.2. The van der Waals surface area contributed by atoms with E-state index in [9.17, 15) is 33.9 Å². The van der Waals surface area contributed by atoms with Gasteiger partial charge in [0.25, 0.3) is 0 Å². The second-order valence-electron chi connectivity index (χ2n) is 11.5. The van der Waals surface area contributed by atoms with E-state index in [-0.39, 0.29) is 25.0 Å². The van der Waals surface area contributed by atoms with Gasteiger partial charge in [-0.2, -0.15) is 0 Å². The maximum atomic E-state index is 13.1. The Hall–Kier alpha value is -4.63. The number of hydrazine groups is 1. The molecule has 5 atom stereocenters. The number of hydrogen-bond acceptors (Lipinski definition) is 9. The van der Waals surface area contributed by atoms with E-state index in [2.05, 4.69) is 16.1 Å². The first-order valence-corrected chi connectivity index (χ1v) is 14.7. The summed E-state index contributed by atoms with van der Waals surface area (Å²) in [4.78, 5) is 77.3. The molecule has 4 heterocycles. The zero-order valence-electron chi connectivity index (χ0n) is 24.0. The van der Waals surface area contributed by atoms with Crippen molar-refractivity contribution in [3.63, 3.8) is 0 Å². The van der Waals surface area contributed by atoms with Gasteiger partial charge < -0.3 is 25.4 Å². The molecule has 0 aliphatic carbocycles. The Kier molecular flexibility index (Phi) is 7.24. The molecule has 6 rings (SSSR count). The number of methoxy groups -OCH3 is 1. The molecule has 0 spiro atoms. The fourth-order valence-corrected chi connectivity index (χ4v) is 7.72. The van der Waals surface area contributed by atoms with Crippen LogP contribution in [-0.4, -0.2) is 97.6 Å². The van der Waals surface area contributed by atoms with Crippen molar-refractivity contribution in [2.24, 2.45) is 0 Å². The molecule has 2 aromatic carbocycles. The van der Waals surface area contributed by atoms with Crippen molar-refractivity contribution < 1.29 is 38.6 Å². The van der Waals surface area contributed by atoms with E-state index in [1.807, 2.05) is 0 Å². The third-order valence-electron chi connectivity index (χ3n) is 8.27. The van der Waals surface area contributed by atoms with E-state index < -0.39 is 58.0 Å². The van der Waals surface area contributed by atoms with Gasteiger partial charge in [-0.3, -0.25) is 14.6 Å². The standard InChI is InChI=1S/C29H30N6O8S/c1-29(2)22(25(38)39)34-23(37)21(24(34)44-29)31-19(36)12-14-5-4-6-17(11-14)30-27(41)33-13-18-20(32-35(18)28(33)42)15-7-9-16(10-8-15)26(40)43-3/h4-11,18,20-22,24,32H,12-13H2,1-3H3,(H,30,41)(H,31,36)(H,38,39)/t18?,20?,21-,22+,24-/m1/s1. The summed E-state index contributed by atoms with van der Waals surface area (Å²) in [5, 5.41) is 16.0. The maximum Gasteiger partial charge on any atom is 0.342 e. The van der Waals surface area contributed by atoms with Gasteiger partial charge in [0.2, 0.25) is 11.8 Å². The van der Waals surface area contributed by atoms with Crippen LogP contribution in [-0.2, 0) is 25.5 Å². The van der Waals surface area contributed by atoms with Crippen LogP contribution in [0.4, 0.5) is 15.3 Å². The average Bonchev–Trinajstić information content (AvgIpc) is 3.38. The first-order chi connectivity index (χ1) is 20.9. The SMILES string of the molecule is COC(=O)c1ccc(C2NN3C(=O)N(C(=O)Nc4cccc(CC(=O)N[C@@H]5C(=O)N6[C@@H]5SC(C)(C)[C@@H]6C(=O)O)c4)CC23)cc1.